The molecule has 78 valence electrons. The van der Waals surface area contributed by atoms with Gasteiger partial charge >= 0.3 is 0 Å². The fourth-order valence-corrected chi connectivity index (χ4v) is 1.96. The van der Waals surface area contributed by atoms with Crippen molar-refractivity contribution in [3.63, 3.8) is 0 Å². The van der Waals surface area contributed by atoms with Crippen LogP contribution in [0.15, 0.2) is 24.3 Å². The molecule has 0 aliphatic carbocycles. The summed E-state index contributed by atoms with van der Waals surface area (Å²) in [5.74, 6) is 0. The predicted octanol–water partition coefficient (Wildman–Crippen LogP) is 3.11. The van der Waals surface area contributed by atoms with E-state index in [1.165, 1.54) is 17.1 Å². The van der Waals surface area contributed by atoms with E-state index in [-0.39, 0.29) is 0 Å². The van der Waals surface area contributed by atoms with Gasteiger partial charge in [-0.25, -0.2) is 0 Å². The Morgan fingerprint density at radius 1 is 0.867 bits per heavy atom. The Bertz CT molecular complexity index is 476. The Kier molecular flexibility index (Phi) is 2.35. The summed E-state index contributed by atoms with van der Waals surface area (Å²) >= 11 is 0. The second-order valence-corrected chi connectivity index (χ2v) is 4.01. The number of nitrogens with zero attached hydrogens (tertiary/aromatic N) is 2. The van der Waals surface area contributed by atoms with Crippen molar-refractivity contribution in [2.45, 2.75) is 27.7 Å². The molecule has 0 N–H and O–H groups in total. The number of aromatic nitrogens is 2. The summed E-state index contributed by atoms with van der Waals surface area (Å²) in [5, 5.41) is 0. The third-order valence-corrected chi connectivity index (χ3v) is 2.71. The first-order valence-electron chi connectivity index (χ1n) is 5.19. The van der Waals surface area contributed by atoms with E-state index in [1.807, 2.05) is 6.92 Å². The standard InChI is InChI=1S/C13H16N2/c1-9-5-8-13(12(4)14-9)15-10(2)6-7-11(15)3/h5-8H,1-4H3. The Labute approximate surface area is 90.6 Å². The van der Waals surface area contributed by atoms with Crippen molar-refractivity contribution in [3.8, 4) is 5.69 Å². The summed E-state index contributed by atoms with van der Waals surface area (Å²) in [4.78, 5) is 4.49. The van der Waals surface area contributed by atoms with Gasteiger partial charge in [0.15, 0.2) is 0 Å². The second-order valence-electron chi connectivity index (χ2n) is 4.01. The number of hydrogen-bond acceptors (Lipinski definition) is 1. The van der Waals surface area contributed by atoms with E-state index in [2.05, 4.69) is 54.6 Å². The van der Waals surface area contributed by atoms with Crippen LogP contribution in [0.2, 0.25) is 0 Å². The zero-order valence-corrected chi connectivity index (χ0v) is 9.70. The summed E-state index contributed by atoms with van der Waals surface area (Å²) in [6, 6.07) is 8.46. The van der Waals surface area contributed by atoms with Crippen LogP contribution in [0.3, 0.4) is 0 Å². The molecular weight excluding hydrogens is 184 g/mol. The van der Waals surface area contributed by atoms with Crippen molar-refractivity contribution in [2.24, 2.45) is 0 Å². The van der Waals surface area contributed by atoms with Crippen molar-refractivity contribution < 1.29 is 0 Å². The molecule has 2 aromatic heterocycles. The summed E-state index contributed by atoms with van der Waals surface area (Å²) in [6.45, 7) is 8.31. The van der Waals surface area contributed by atoms with Gasteiger partial charge in [0.25, 0.3) is 0 Å². The van der Waals surface area contributed by atoms with E-state index < -0.39 is 0 Å². The van der Waals surface area contributed by atoms with Gasteiger partial charge in [0.1, 0.15) is 0 Å². The lowest BCUT2D eigenvalue weighted by molar-refractivity contribution is 0.930. The van der Waals surface area contributed by atoms with Gasteiger partial charge < -0.3 is 4.57 Å². The lowest BCUT2D eigenvalue weighted by Crippen LogP contribution is -2.03. The largest absolute Gasteiger partial charge is 0.317 e. The van der Waals surface area contributed by atoms with E-state index in [9.17, 15) is 0 Å². The smallest absolute Gasteiger partial charge is 0.0668 e. The van der Waals surface area contributed by atoms with E-state index in [1.54, 1.807) is 0 Å². The molecule has 0 atom stereocenters. The molecule has 0 aromatic carbocycles. The minimum absolute atomic E-state index is 1.07. The predicted molar refractivity (Wildman–Crippen MR) is 62.5 cm³/mol. The first-order valence-corrected chi connectivity index (χ1v) is 5.19. The Morgan fingerprint density at radius 2 is 1.47 bits per heavy atom. The van der Waals surface area contributed by atoms with E-state index >= 15 is 0 Å². The molecule has 2 heterocycles. The molecule has 0 bridgehead atoms. The fraction of sp³-hybridized carbons (Fsp3) is 0.308. The molecular formula is C13H16N2. The monoisotopic (exact) mass is 200 g/mol. The SMILES string of the molecule is Cc1ccc(-n2c(C)ccc2C)c(C)n1. The van der Waals surface area contributed by atoms with Crippen LogP contribution in [0.5, 0.6) is 0 Å². The quantitative estimate of drug-likeness (QED) is 0.691. The molecule has 15 heavy (non-hydrogen) atoms. The maximum absolute atomic E-state index is 4.49. The lowest BCUT2D eigenvalue weighted by Gasteiger charge is -2.12. The Morgan fingerprint density at radius 3 is 2.00 bits per heavy atom. The van der Waals surface area contributed by atoms with Gasteiger partial charge in [0.05, 0.1) is 11.4 Å². The van der Waals surface area contributed by atoms with Crippen LogP contribution in [0.25, 0.3) is 5.69 Å². The molecule has 0 fully saturated rings. The lowest BCUT2D eigenvalue weighted by atomic mass is 10.2. The molecule has 0 aliphatic heterocycles. The van der Waals surface area contributed by atoms with Crippen molar-refractivity contribution in [1.29, 1.82) is 0 Å². The van der Waals surface area contributed by atoms with Gasteiger partial charge in [0, 0.05) is 17.1 Å². The molecule has 0 saturated carbocycles. The van der Waals surface area contributed by atoms with E-state index in [4.69, 9.17) is 0 Å². The molecule has 0 aliphatic rings. The third-order valence-electron chi connectivity index (χ3n) is 2.71. The van der Waals surface area contributed by atoms with Crippen LogP contribution in [0.1, 0.15) is 22.8 Å². The van der Waals surface area contributed by atoms with Gasteiger partial charge in [-0.05, 0) is 52.0 Å². The molecule has 0 amide bonds. The number of hydrogen-bond donors (Lipinski definition) is 0. The molecule has 0 unspecified atom stereocenters. The summed E-state index contributed by atoms with van der Waals surface area (Å²) in [6.07, 6.45) is 0. The third kappa shape index (κ3) is 1.67. The second kappa shape index (κ2) is 3.54. The zero-order valence-electron chi connectivity index (χ0n) is 9.70. The highest BCUT2D eigenvalue weighted by molar-refractivity contribution is 5.41. The highest BCUT2D eigenvalue weighted by Gasteiger charge is 2.06. The Balaban J connectivity index is 2.64. The molecule has 0 spiro atoms. The van der Waals surface area contributed by atoms with Crippen LogP contribution < -0.4 is 0 Å². The number of pyridine rings is 1. The average molecular weight is 200 g/mol. The van der Waals surface area contributed by atoms with Gasteiger partial charge in [-0.3, -0.25) is 4.98 Å². The van der Waals surface area contributed by atoms with Gasteiger partial charge in [-0.2, -0.15) is 0 Å². The molecule has 2 aromatic rings. The molecule has 2 rings (SSSR count). The molecule has 0 saturated heterocycles. The minimum atomic E-state index is 1.07. The van der Waals surface area contributed by atoms with Crippen LogP contribution in [-0.4, -0.2) is 9.55 Å². The van der Waals surface area contributed by atoms with Gasteiger partial charge in [-0.15, -0.1) is 0 Å². The van der Waals surface area contributed by atoms with Crippen molar-refractivity contribution in [2.75, 3.05) is 0 Å². The zero-order chi connectivity index (χ0) is 11.0. The molecule has 2 heteroatoms. The van der Waals surface area contributed by atoms with Crippen molar-refractivity contribution in [3.05, 3.63) is 47.0 Å². The topological polar surface area (TPSA) is 17.8 Å². The summed E-state index contributed by atoms with van der Waals surface area (Å²) in [7, 11) is 0. The average Bonchev–Trinajstić information content (AvgIpc) is 2.48. The molecule has 2 nitrogen and oxygen atoms in total. The fourth-order valence-electron chi connectivity index (χ4n) is 1.96. The van der Waals surface area contributed by atoms with Crippen LogP contribution in [0, 0.1) is 27.7 Å². The van der Waals surface area contributed by atoms with Crippen LogP contribution in [-0.2, 0) is 0 Å². The normalized spacial score (nSPS) is 10.7. The maximum Gasteiger partial charge on any atom is 0.0668 e. The van der Waals surface area contributed by atoms with Gasteiger partial charge in [0.2, 0.25) is 0 Å². The van der Waals surface area contributed by atoms with Crippen LogP contribution in [0.4, 0.5) is 0 Å². The Hall–Kier alpha value is -1.57. The first-order chi connectivity index (χ1) is 7.09. The van der Waals surface area contributed by atoms with Gasteiger partial charge in [-0.1, -0.05) is 0 Å². The number of aryl methyl sites for hydroxylation is 4. The maximum atomic E-state index is 4.49. The van der Waals surface area contributed by atoms with Crippen molar-refractivity contribution >= 4 is 0 Å². The molecule has 0 radical (unpaired) electrons. The summed E-state index contributed by atoms with van der Waals surface area (Å²) < 4.78 is 2.24. The minimum Gasteiger partial charge on any atom is -0.317 e. The first kappa shape index (κ1) is 9.97. The van der Waals surface area contributed by atoms with E-state index in [0.29, 0.717) is 0 Å². The van der Waals surface area contributed by atoms with E-state index in [0.717, 1.165) is 11.4 Å². The van der Waals surface area contributed by atoms with Crippen LogP contribution >= 0.6 is 0 Å². The highest BCUT2D eigenvalue weighted by atomic mass is 15.0. The number of rotatable bonds is 1. The summed E-state index contributed by atoms with van der Waals surface area (Å²) in [5.41, 5.74) is 5.83. The van der Waals surface area contributed by atoms with Crippen molar-refractivity contribution in [1.82, 2.24) is 9.55 Å². The highest BCUT2D eigenvalue weighted by Crippen LogP contribution is 2.18.